The Morgan fingerprint density at radius 2 is 1.64 bits per heavy atom. The molecule has 0 amide bonds. The van der Waals surface area contributed by atoms with Crippen LogP contribution in [0, 0.1) is 11.7 Å². The number of hydrogen-bond donors (Lipinski definition) is 2. The molecule has 4 nitrogen and oxygen atoms in total. The molecule has 3 rings (SSSR count). The third-order valence-corrected chi connectivity index (χ3v) is 6.63. The Morgan fingerprint density at radius 3 is 2.32 bits per heavy atom. The van der Waals surface area contributed by atoms with Gasteiger partial charge in [0.05, 0.1) is 17.0 Å². The number of fused-ring (bicyclic) bond motifs is 1. The fraction of sp³-hybridized carbons (Fsp3) is 0.273. The average molecular weight is 402 g/mol. The van der Waals surface area contributed by atoms with Crippen LogP contribution in [0.5, 0.6) is 0 Å². The zero-order chi connectivity index (χ0) is 20.3. The SMILES string of the molecule is CC[C@H](C)[C@H](NS(=O)(=O)c1ccc(F)cc1)C(O)c1cccc2ccccc12. The van der Waals surface area contributed by atoms with Crippen LogP contribution in [0.15, 0.2) is 71.6 Å². The first-order valence-electron chi connectivity index (χ1n) is 9.27. The maximum absolute atomic E-state index is 13.2. The molecular formula is C22H24FNO3S. The molecule has 3 aromatic carbocycles. The summed E-state index contributed by atoms with van der Waals surface area (Å²) in [6, 6.07) is 17.2. The van der Waals surface area contributed by atoms with Crippen LogP contribution >= 0.6 is 0 Å². The molecule has 3 aromatic rings. The molecule has 0 heterocycles. The molecule has 0 saturated carbocycles. The van der Waals surface area contributed by atoms with Crippen molar-refractivity contribution in [2.75, 3.05) is 0 Å². The molecular weight excluding hydrogens is 377 g/mol. The van der Waals surface area contributed by atoms with Crippen LogP contribution in [0.1, 0.15) is 31.9 Å². The van der Waals surface area contributed by atoms with E-state index in [0.717, 1.165) is 22.9 Å². The Hall–Kier alpha value is -2.28. The van der Waals surface area contributed by atoms with Crippen molar-refractivity contribution in [3.8, 4) is 0 Å². The number of hydrogen-bond acceptors (Lipinski definition) is 3. The van der Waals surface area contributed by atoms with Gasteiger partial charge in [0.15, 0.2) is 0 Å². The van der Waals surface area contributed by atoms with Crippen molar-refractivity contribution < 1.29 is 17.9 Å². The van der Waals surface area contributed by atoms with E-state index in [9.17, 15) is 17.9 Å². The standard InChI is InChI=1S/C22H24FNO3S/c1-3-15(2)21(24-28(26,27)18-13-11-17(23)12-14-18)22(25)20-10-6-8-16-7-4-5-9-19(16)20/h4-15,21-22,24-25H,3H2,1-2H3/t15-,21-,22?/m0/s1. The lowest BCUT2D eigenvalue weighted by Gasteiger charge is -2.29. The van der Waals surface area contributed by atoms with Crippen molar-refractivity contribution >= 4 is 20.8 Å². The van der Waals surface area contributed by atoms with E-state index in [1.807, 2.05) is 56.3 Å². The van der Waals surface area contributed by atoms with E-state index in [1.54, 1.807) is 0 Å². The number of nitrogens with one attached hydrogen (secondary N) is 1. The van der Waals surface area contributed by atoms with Crippen LogP contribution in [0.2, 0.25) is 0 Å². The van der Waals surface area contributed by atoms with E-state index in [2.05, 4.69) is 4.72 Å². The highest BCUT2D eigenvalue weighted by Gasteiger charge is 2.31. The van der Waals surface area contributed by atoms with E-state index in [-0.39, 0.29) is 10.8 Å². The van der Waals surface area contributed by atoms with Crippen LogP contribution in [0.4, 0.5) is 4.39 Å². The second-order valence-electron chi connectivity index (χ2n) is 7.00. The van der Waals surface area contributed by atoms with Crippen molar-refractivity contribution in [2.45, 2.75) is 37.3 Å². The maximum atomic E-state index is 13.2. The minimum atomic E-state index is -3.91. The van der Waals surface area contributed by atoms with Gasteiger partial charge in [0.25, 0.3) is 0 Å². The number of rotatable bonds is 7. The monoisotopic (exact) mass is 401 g/mol. The third kappa shape index (κ3) is 4.24. The zero-order valence-corrected chi connectivity index (χ0v) is 16.7. The summed E-state index contributed by atoms with van der Waals surface area (Å²) in [5, 5.41) is 13.0. The van der Waals surface area contributed by atoms with Gasteiger partial charge in [0.1, 0.15) is 5.82 Å². The molecule has 28 heavy (non-hydrogen) atoms. The molecule has 0 aromatic heterocycles. The summed E-state index contributed by atoms with van der Waals surface area (Å²) >= 11 is 0. The topological polar surface area (TPSA) is 66.4 Å². The molecule has 3 atom stereocenters. The summed E-state index contributed by atoms with van der Waals surface area (Å²) in [4.78, 5) is -0.0349. The predicted octanol–water partition coefficient (Wildman–Crippen LogP) is 4.41. The normalized spacial score (nSPS) is 15.3. The van der Waals surface area contributed by atoms with Gasteiger partial charge in [-0.1, -0.05) is 62.7 Å². The third-order valence-electron chi connectivity index (χ3n) is 5.15. The molecule has 1 unspecified atom stereocenters. The van der Waals surface area contributed by atoms with Gasteiger partial charge in [0.2, 0.25) is 10.0 Å². The molecule has 6 heteroatoms. The summed E-state index contributed by atoms with van der Waals surface area (Å²) < 4.78 is 41.5. The molecule has 0 aliphatic rings. The highest BCUT2D eigenvalue weighted by molar-refractivity contribution is 7.89. The predicted molar refractivity (Wildman–Crippen MR) is 109 cm³/mol. The van der Waals surface area contributed by atoms with E-state index < -0.39 is 28.0 Å². The molecule has 0 spiro atoms. The minimum absolute atomic E-state index is 0.0349. The van der Waals surface area contributed by atoms with E-state index >= 15 is 0 Å². The molecule has 0 saturated heterocycles. The second-order valence-corrected chi connectivity index (χ2v) is 8.71. The summed E-state index contributed by atoms with van der Waals surface area (Å²) in [5.41, 5.74) is 0.671. The van der Waals surface area contributed by atoms with Crippen molar-refractivity contribution in [3.05, 3.63) is 78.1 Å². The van der Waals surface area contributed by atoms with E-state index in [0.29, 0.717) is 12.0 Å². The molecule has 148 valence electrons. The van der Waals surface area contributed by atoms with Gasteiger partial charge >= 0.3 is 0 Å². The molecule has 0 aliphatic heterocycles. The van der Waals surface area contributed by atoms with Crippen molar-refractivity contribution in [1.29, 1.82) is 0 Å². The lowest BCUT2D eigenvalue weighted by Crippen LogP contribution is -2.43. The van der Waals surface area contributed by atoms with Gasteiger partial charge in [-0.05, 0) is 46.5 Å². The van der Waals surface area contributed by atoms with Crippen LogP contribution in [0.25, 0.3) is 10.8 Å². The van der Waals surface area contributed by atoms with Crippen LogP contribution in [0.3, 0.4) is 0 Å². The molecule has 2 N–H and O–H groups in total. The van der Waals surface area contributed by atoms with Crippen LogP contribution < -0.4 is 4.72 Å². The summed E-state index contributed by atoms with van der Waals surface area (Å²) in [5.74, 6) is -0.627. The second kappa shape index (κ2) is 8.39. The molecule has 0 bridgehead atoms. The minimum Gasteiger partial charge on any atom is -0.387 e. The lowest BCUT2D eigenvalue weighted by molar-refractivity contribution is 0.113. The van der Waals surface area contributed by atoms with Gasteiger partial charge in [0, 0.05) is 0 Å². The van der Waals surface area contributed by atoms with Crippen molar-refractivity contribution in [1.82, 2.24) is 4.72 Å². The first-order valence-corrected chi connectivity index (χ1v) is 10.8. The molecule has 0 fully saturated rings. The first kappa shape index (κ1) is 20.5. The van der Waals surface area contributed by atoms with Gasteiger partial charge in [-0.3, -0.25) is 0 Å². The quantitative estimate of drug-likeness (QED) is 0.616. The van der Waals surface area contributed by atoms with Gasteiger partial charge in [-0.25, -0.2) is 17.5 Å². The Bertz CT molecular complexity index is 1050. The Balaban J connectivity index is 1.99. The number of benzene rings is 3. The van der Waals surface area contributed by atoms with E-state index in [1.165, 1.54) is 12.1 Å². The Kier molecular flexibility index (Phi) is 6.13. The Morgan fingerprint density at radius 1 is 1.00 bits per heavy atom. The number of aliphatic hydroxyl groups is 1. The molecule has 0 radical (unpaired) electrons. The summed E-state index contributed by atoms with van der Waals surface area (Å²) in [6.45, 7) is 3.84. The van der Waals surface area contributed by atoms with Crippen LogP contribution in [-0.2, 0) is 10.0 Å². The summed E-state index contributed by atoms with van der Waals surface area (Å²) in [6.07, 6.45) is -0.352. The smallest absolute Gasteiger partial charge is 0.240 e. The van der Waals surface area contributed by atoms with Gasteiger partial charge < -0.3 is 5.11 Å². The zero-order valence-electron chi connectivity index (χ0n) is 15.8. The largest absolute Gasteiger partial charge is 0.387 e. The molecule has 0 aliphatic carbocycles. The van der Waals surface area contributed by atoms with E-state index in [4.69, 9.17) is 0 Å². The van der Waals surface area contributed by atoms with Gasteiger partial charge in [-0.2, -0.15) is 0 Å². The lowest BCUT2D eigenvalue weighted by atomic mass is 9.89. The highest BCUT2D eigenvalue weighted by atomic mass is 32.2. The fourth-order valence-electron chi connectivity index (χ4n) is 3.31. The number of sulfonamides is 1. The highest BCUT2D eigenvalue weighted by Crippen LogP contribution is 2.30. The van der Waals surface area contributed by atoms with Gasteiger partial charge in [-0.15, -0.1) is 0 Å². The van der Waals surface area contributed by atoms with Crippen molar-refractivity contribution in [3.63, 3.8) is 0 Å². The van der Waals surface area contributed by atoms with Crippen molar-refractivity contribution in [2.24, 2.45) is 5.92 Å². The number of halogens is 1. The number of aliphatic hydroxyl groups excluding tert-OH is 1. The first-order chi connectivity index (χ1) is 13.3. The average Bonchev–Trinajstić information content (AvgIpc) is 2.71. The maximum Gasteiger partial charge on any atom is 0.240 e. The fourth-order valence-corrected chi connectivity index (χ4v) is 4.66. The summed E-state index contributed by atoms with van der Waals surface area (Å²) in [7, 11) is -3.91. The van der Waals surface area contributed by atoms with Crippen LogP contribution in [-0.4, -0.2) is 19.6 Å². The Labute approximate surface area is 165 Å².